The van der Waals surface area contributed by atoms with Crippen molar-refractivity contribution in [3.63, 3.8) is 0 Å². The summed E-state index contributed by atoms with van der Waals surface area (Å²) in [6, 6.07) is 7.53. The maximum atomic E-state index is 12.8. The van der Waals surface area contributed by atoms with Gasteiger partial charge in [-0.05, 0) is 30.7 Å². The minimum atomic E-state index is -0.0820. The Morgan fingerprint density at radius 3 is 3.08 bits per heavy atom. The number of ether oxygens (including phenoxy) is 1. The summed E-state index contributed by atoms with van der Waals surface area (Å²) < 4.78 is 11.3. The Balaban J connectivity index is 1.48. The number of nitrogens with one attached hydrogen (secondary N) is 1. The number of piperidine rings is 1. The van der Waals surface area contributed by atoms with E-state index in [1.54, 1.807) is 18.7 Å². The van der Waals surface area contributed by atoms with Crippen LogP contribution in [0, 0.1) is 11.8 Å². The predicted molar refractivity (Wildman–Crippen MR) is 88.2 cm³/mol. The number of nitrogens with zero attached hydrogens (tertiary/aromatic N) is 2. The Morgan fingerprint density at radius 2 is 2.29 bits per heavy atom. The molecular formula is C18H21N3O3. The Bertz CT molecular complexity index is 674. The maximum Gasteiger partial charge on any atom is 0.229 e. The van der Waals surface area contributed by atoms with Crippen molar-refractivity contribution in [1.82, 2.24) is 9.88 Å². The first-order valence-corrected chi connectivity index (χ1v) is 8.37. The lowest BCUT2D eigenvalue weighted by molar-refractivity contribution is -0.126. The molecule has 0 spiro atoms. The molecule has 0 aromatic carbocycles. The molecule has 0 radical (unpaired) electrons. The molecule has 2 aromatic rings. The van der Waals surface area contributed by atoms with Gasteiger partial charge in [-0.2, -0.15) is 0 Å². The van der Waals surface area contributed by atoms with Crippen molar-refractivity contribution in [2.24, 2.45) is 11.8 Å². The van der Waals surface area contributed by atoms with Gasteiger partial charge in [-0.15, -0.1) is 0 Å². The van der Waals surface area contributed by atoms with Crippen LogP contribution in [0.1, 0.15) is 12.2 Å². The van der Waals surface area contributed by atoms with E-state index in [9.17, 15) is 4.79 Å². The number of furan rings is 1. The number of hydrogen-bond donors (Lipinski definition) is 1. The first kappa shape index (κ1) is 15.4. The predicted octanol–water partition coefficient (Wildman–Crippen LogP) is 2.15. The van der Waals surface area contributed by atoms with Gasteiger partial charge in [0.15, 0.2) is 0 Å². The molecule has 1 amide bonds. The Hall–Kier alpha value is -2.18. The SMILES string of the molecule is O=C(Nc1cccnc1)[C@@H]1CN(Cc2ccco2)C[C@@H]2OCC[C@@H]21. The standard InChI is InChI=1S/C18H21N3O3/c22-18(20-13-3-1-6-19-9-13)16-11-21(10-14-4-2-7-23-14)12-17-15(16)5-8-24-17/h1-4,6-7,9,15-17H,5,8,10-12H2,(H,20,22)/t15-,16-,17+/m1/s1. The lowest BCUT2D eigenvalue weighted by Gasteiger charge is -2.38. The molecule has 0 saturated carbocycles. The molecule has 6 nitrogen and oxygen atoms in total. The van der Waals surface area contributed by atoms with E-state index < -0.39 is 0 Å². The second kappa shape index (κ2) is 6.75. The summed E-state index contributed by atoms with van der Waals surface area (Å²) in [6.45, 7) is 3.01. The van der Waals surface area contributed by atoms with E-state index in [0.29, 0.717) is 6.54 Å². The summed E-state index contributed by atoms with van der Waals surface area (Å²) in [5.41, 5.74) is 0.737. The summed E-state index contributed by atoms with van der Waals surface area (Å²) in [7, 11) is 0. The second-order valence-corrected chi connectivity index (χ2v) is 6.47. The summed E-state index contributed by atoms with van der Waals surface area (Å²) in [5.74, 6) is 1.17. The Morgan fingerprint density at radius 1 is 1.33 bits per heavy atom. The summed E-state index contributed by atoms with van der Waals surface area (Å²) in [5, 5.41) is 3.00. The highest BCUT2D eigenvalue weighted by molar-refractivity contribution is 5.92. The second-order valence-electron chi connectivity index (χ2n) is 6.47. The van der Waals surface area contributed by atoms with Crippen molar-refractivity contribution in [3.05, 3.63) is 48.7 Å². The molecule has 0 bridgehead atoms. The number of fused-ring (bicyclic) bond motifs is 1. The van der Waals surface area contributed by atoms with Gasteiger partial charge >= 0.3 is 0 Å². The fourth-order valence-electron chi connectivity index (χ4n) is 3.76. The molecule has 2 fully saturated rings. The molecular weight excluding hydrogens is 306 g/mol. The minimum absolute atomic E-state index is 0.0487. The number of aromatic nitrogens is 1. The molecule has 4 rings (SSSR count). The van der Waals surface area contributed by atoms with Crippen LogP contribution in [-0.2, 0) is 16.1 Å². The zero-order valence-electron chi connectivity index (χ0n) is 13.4. The molecule has 2 aliphatic heterocycles. The molecule has 2 aromatic heterocycles. The maximum absolute atomic E-state index is 12.8. The van der Waals surface area contributed by atoms with Crippen molar-refractivity contribution < 1.29 is 13.9 Å². The van der Waals surface area contributed by atoms with Gasteiger partial charge in [0.1, 0.15) is 5.76 Å². The van der Waals surface area contributed by atoms with E-state index in [-0.39, 0.29) is 23.8 Å². The smallest absolute Gasteiger partial charge is 0.229 e. The monoisotopic (exact) mass is 327 g/mol. The van der Waals surface area contributed by atoms with Gasteiger partial charge in [0.05, 0.1) is 36.7 Å². The van der Waals surface area contributed by atoms with Crippen molar-refractivity contribution in [3.8, 4) is 0 Å². The van der Waals surface area contributed by atoms with Crippen LogP contribution in [0.4, 0.5) is 5.69 Å². The molecule has 3 atom stereocenters. The van der Waals surface area contributed by atoms with Gasteiger partial charge in [0.2, 0.25) is 5.91 Å². The number of amides is 1. The van der Waals surface area contributed by atoms with Crippen LogP contribution in [0.5, 0.6) is 0 Å². The van der Waals surface area contributed by atoms with E-state index in [2.05, 4.69) is 15.2 Å². The number of carbonyl (C=O) groups excluding carboxylic acids is 1. The van der Waals surface area contributed by atoms with Crippen LogP contribution >= 0.6 is 0 Å². The third-order valence-electron chi connectivity index (χ3n) is 4.90. The third kappa shape index (κ3) is 3.20. The molecule has 6 heteroatoms. The molecule has 126 valence electrons. The fourth-order valence-corrected chi connectivity index (χ4v) is 3.76. The molecule has 2 aliphatic rings. The van der Waals surface area contributed by atoms with Gasteiger partial charge in [-0.25, -0.2) is 0 Å². The zero-order valence-corrected chi connectivity index (χ0v) is 13.4. The average molecular weight is 327 g/mol. The van der Waals surface area contributed by atoms with Gasteiger partial charge in [0, 0.05) is 31.8 Å². The van der Waals surface area contributed by atoms with Crippen LogP contribution in [0.3, 0.4) is 0 Å². The summed E-state index contributed by atoms with van der Waals surface area (Å²) in [6.07, 6.45) is 6.12. The van der Waals surface area contributed by atoms with Gasteiger partial charge in [0.25, 0.3) is 0 Å². The number of hydrogen-bond acceptors (Lipinski definition) is 5. The molecule has 24 heavy (non-hydrogen) atoms. The lowest BCUT2D eigenvalue weighted by Crippen LogP contribution is -2.51. The molecule has 2 saturated heterocycles. The van der Waals surface area contributed by atoms with Crippen molar-refractivity contribution >= 4 is 11.6 Å². The fraction of sp³-hybridized carbons (Fsp3) is 0.444. The van der Waals surface area contributed by atoms with Crippen LogP contribution in [0.25, 0.3) is 0 Å². The summed E-state index contributed by atoms with van der Waals surface area (Å²) >= 11 is 0. The summed E-state index contributed by atoms with van der Waals surface area (Å²) in [4.78, 5) is 19.1. The van der Waals surface area contributed by atoms with E-state index in [1.165, 1.54) is 0 Å². The van der Waals surface area contributed by atoms with Crippen LogP contribution in [0.15, 0.2) is 47.3 Å². The number of pyridine rings is 1. The first-order chi connectivity index (χ1) is 11.8. The van der Waals surface area contributed by atoms with Crippen LogP contribution < -0.4 is 5.32 Å². The molecule has 4 heterocycles. The normalized spacial score (nSPS) is 26.9. The Labute approximate surface area is 140 Å². The largest absolute Gasteiger partial charge is 0.468 e. The lowest BCUT2D eigenvalue weighted by atomic mass is 9.82. The van der Waals surface area contributed by atoms with Crippen LogP contribution in [0.2, 0.25) is 0 Å². The molecule has 0 aliphatic carbocycles. The van der Waals surface area contributed by atoms with Gasteiger partial charge in [-0.3, -0.25) is 14.7 Å². The minimum Gasteiger partial charge on any atom is -0.468 e. The van der Waals surface area contributed by atoms with Crippen molar-refractivity contribution in [2.75, 3.05) is 25.0 Å². The number of rotatable bonds is 4. The topological polar surface area (TPSA) is 67.6 Å². The van der Waals surface area contributed by atoms with E-state index in [4.69, 9.17) is 9.15 Å². The average Bonchev–Trinajstić information content (AvgIpc) is 3.26. The van der Waals surface area contributed by atoms with Gasteiger partial charge < -0.3 is 14.5 Å². The zero-order chi connectivity index (χ0) is 16.4. The molecule has 0 unspecified atom stereocenters. The highest BCUT2D eigenvalue weighted by atomic mass is 16.5. The van der Waals surface area contributed by atoms with Gasteiger partial charge in [-0.1, -0.05) is 0 Å². The van der Waals surface area contributed by atoms with Crippen molar-refractivity contribution in [1.29, 1.82) is 0 Å². The van der Waals surface area contributed by atoms with E-state index in [1.807, 2.05) is 24.3 Å². The van der Waals surface area contributed by atoms with E-state index in [0.717, 1.165) is 37.6 Å². The first-order valence-electron chi connectivity index (χ1n) is 8.37. The highest BCUT2D eigenvalue weighted by Gasteiger charge is 2.44. The quantitative estimate of drug-likeness (QED) is 0.932. The van der Waals surface area contributed by atoms with Crippen LogP contribution in [-0.4, -0.2) is 41.6 Å². The number of likely N-dealkylation sites (tertiary alicyclic amines) is 1. The number of anilines is 1. The van der Waals surface area contributed by atoms with E-state index >= 15 is 0 Å². The third-order valence-corrected chi connectivity index (χ3v) is 4.90. The number of carbonyl (C=O) groups is 1. The van der Waals surface area contributed by atoms with Crippen molar-refractivity contribution in [2.45, 2.75) is 19.1 Å². The highest BCUT2D eigenvalue weighted by Crippen LogP contribution is 2.35. The Kier molecular flexibility index (Phi) is 4.32. The molecule has 1 N–H and O–H groups in total.